The maximum atomic E-state index is 4.36. The fourth-order valence-corrected chi connectivity index (χ4v) is 1.97. The van der Waals surface area contributed by atoms with Crippen LogP contribution in [0.2, 0.25) is 0 Å². The van der Waals surface area contributed by atoms with Crippen LogP contribution in [0.4, 0.5) is 0 Å². The van der Waals surface area contributed by atoms with Crippen molar-refractivity contribution in [2.45, 2.75) is 20.3 Å². The minimum Gasteiger partial charge on any atom is -0.294 e. The molecule has 0 aliphatic carbocycles. The van der Waals surface area contributed by atoms with Gasteiger partial charge in [-0.25, -0.2) is 0 Å². The quantitative estimate of drug-likeness (QED) is 0.621. The van der Waals surface area contributed by atoms with E-state index >= 15 is 0 Å². The summed E-state index contributed by atoms with van der Waals surface area (Å²) >= 11 is 1.80. The fourth-order valence-electron chi connectivity index (χ4n) is 1.10. The Morgan fingerprint density at radius 1 is 1.67 bits per heavy atom. The number of hydrogen-bond acceptors (Lipinski definition) is 3. The molecule has 0 radical (unpaired) electrons. The van der Waals surface area contributed by atoms with Crippen molar-refractivity contribution in [3.05, 3.63) is 12.3 Å². The van der Waals surface area contributed by atoms with Crippen molar-refractivity contribution < 1.29 is 0 Å². The summed E-state index contributed by atoms with van der Waals surface area (Å²) in [6, 6.07) is 0. The molecule has 1 heterocycles. The first-order chi connectivity index (χ1) is 5.72. The van der Waals surface area contributed by atoms with Crippen molar-refractivity contribution in [2.75, 3.05) is 19.0 Å². The molecule has 0 atom stereocenters. The molecule has 0 aromatic rings. The van der Waals surface area contributed by atoms with Gasteiger partial charge in [0, 0.05) is 18.7 Å². The molecule has 68 valence electrons. The third-order valence-corrected chi connectivity index (χ3v) is 2.94. The van der Waals surface area contributed by atoms with E-state index < -0.39 is 0 Å². The SMILES string of the molecule is C=C1CCN(CC)CS/C(C)=N\1. The maximum absolute atomic E-state index is 4.36. The third-order valence-electron chi connectivity index (χ3n) is 1.94. The van der Waals surface area contributed by atoms with Gasteiger partial charge in [-0.05, 0) is 13.5 Å². The lowest BCUT2D eigenvalue weighted by Crippen LogP contribution is -2.25. The van der Waals surface area contributed by atoms with Gasteiger partial charge >= 0.3 is 0 Å². The summed E-state index contributed by atoms with van der Waals surface area (Å²) in [7, 11) is 0. The first kappa shape index (κ1) is 9.81. The zero-order valence-corrected chi connectivity index (χ0v) is 8.65. The highest BCUT2D eigenvalue weighted by Crippen LogP contribution is 2.15. The third kappa shape index (κ3) is 2.99. The first-order valence-electron chi connectivity index (χ1n) is 4.30. The number of rotatable bonds is 1. The second kappa shape index (κ2) is 4.67. The number of hydrogen-bond donors (Lipinski definition) is 0. The smallest absolute Gasteiger partial charge is 0.0715 e. The zero-order valence-electron chi connectivity index (χ0n) is 7.84. The van der Waals surface area contributed by atoms with Crippen LogP contribution in [0, 0.1) is 0 Å². The molecule has 0 saturated carbocycles. The van der Waals surface area contributed by atoms with Crippen LogP contribution in [0.5, 0.6) is 0 Å². The number of aliphatic imine (C=N–C) groups is 1. The average molecular weight is 184 g/mol. The molecule has 0 aromatic carbocycles. The van der Waals surface area contributed by atoms with E-state index in [1.54, 1.807) is 11.8 Å². The standard InChI is InChI=1S/C9H16N2S/c1-4-11-6-5-8(2)10-9(3)12-7-11/h2,4-7H2,1,3H3/b10-9-. The van der Waals surface area contributed by atoms with Crippen LogP contribution in [0.3, 0.4) is 0 Å². The monoisotopic (exact) mass is 184 g/mol. The Morgan fingerprint density at radius 3 is 3.08 bits per heavy atom. The van der Waals surface area contributed by atoms with Crippen LogP contribution in [-0.2, 0) is 0 Å². The molecule has 0 saturated heterocycles. The van der Waals surface area contributed by atoms with E-state index in [0.717, 1.165) is 36.1 Å². The largest absolute Gasteiger partial charge is 0.294 e. The maximum Gasteiger partial charge on any atom is 0.0715 e. The summed E-state index contributed by atoms with van der Waals surface area (Å²) in [4.78, 5) is 6.77. The predicted molar refractivity (Wildman–Crippen MR) is 56.6 cm³/mol. The summed E-state index contributed by atoms with van der Waals surface area (Å²) in [6.45, 7) is 10.4. The van der Waals surface area contributed by atoms with Gasteiger partial charge in [-0.2, -0.15) is 0 Å². The average Bonchev–Trinajstić information content (AvgIpc) is 2.02. The molecule has 1 aliphatic rings. The van der Waals surface area contributed by atoms with Crippen LogP contribution in [0.15, 0.2) is 17.3 Å². The Balaban J connectivity index is 2.56. The Kier molecular flexibility index (Phi) is 3.82. The lowest BCUT2D eigenvalue weighted by atomic mass is 10.3. The molecule has 1 aliphatic heterocycles. The second-order valence-corrected chi connectivity index (χ2v) is 4.07. The summed E-state index contributed by atoms with van der Waals surface area (Å²) in [5.74, 6) is 1.07. The second-order valence-electron chi connectivity index (χ2n) is 2.93. The highest BCUT2D eigenvalue weighted by Gasteiger charge is 2.07. The van der Waals surface area contributed by atoms with Crippen molar-refractivity contribution in [3.8, 4) is 0 Å². The Hall–Kier alpha value is -0.280. The van der Waals surface area contributed by atoms with E-state index in [2.05, 4.69) is 30.3 Å². The molecule has 0 aromatic heterocycles. The van der Waals surface area contributed by atoms with Crippen molar-refractivity contribution in [2.24, 2.45) is 4.99 Å². The lowest BCUT2D eigenvalue weighted by molar-refractivity contribution is 0.342. The van der Waals surface area contributed by atoms with E-state index in [1.165, 1.54) is 0 Å². The van der Waals surface area contributed by atoms with Crippen molar-refractivity contribution in [1.82, 2.24) is 4.90 Å². The van der Waals surface area contributed by atoms with Gasteiger partial charge in [0.2, 0.25) is 0 Å². The lowest BCUT2D eigenvalue weighted by Gasteiger charge is -2.21. The molecule has 0 amide bonds. The highest BCUT2D eigenvalue weighted by molar-refractivity contribution is 8.13. The van der Waals surface area contributed by atoms with Gasteiger partial charge in [0.05, 0.1) is 10.9 Å². The molecule has 3 heteroatoms. The molecule has 12 heavy (non-hydrogen) atoms. The predicted octanol–water partition coefficient (Wildman–Crippen LogP) is 2.33. The van der Waals surface area contributed by atoms with Crippen LogP contribution in [0.1, 0.15) is 20.3 Å². The summed E-state index contributed by atoms with van der Waals surface area (Å²) in [5, 5.41) is 1.14. The van der Waals surface area contributed by atoms with E-state index in [9.17, 15) is 0 Å². The molecular weight excluding hydrogens is 168 g/mol. The normalized spacial score (nSPS) is 25.8. The highest BCUT2D eigenvalue weighted by atomic mass is 32.2. The van der Waals surface area contributed by atoms with E-state index in [4.69, 9.17) is 0 Å². The van der Waals surface area contributed by atoms with E-state index in [0.29, 0.717) is 0 Å². The van der Waals surface area contributed by atoms with Crippen LogP contribution in [0.25, 0.3) is 0 Å². The first-order valence-corrected chi connectivity index (χ1v) is 5.29. The Bertz CT molecular complexity index is 199. The van der Waals surface area contributed by atoms with E-state index in [1.807, 2.05) is 0 Å². The van der Waals surface area contributed by atoms with Gasteiger partial charge in [-0.1, -0.05) is 25.3 Å². The molecule has 0 fully saturated rings. The van der Waals surface area contributed by atoms with Gasteiger partial charge < -0.3 is 0 Å². The van der Waals surface area contributed by atoms with Crippen molar-refractivity contribution >= 4 is 16.8 Å². The fraction of sp³-hybridized carbons (Fsp3) is 0.667. The summed E-state index contributed by atoms with van der Waals surface area (Å²) in [6.07, 6.45) is 1.01. The zero-order chi connectivity index (χ0) is 8.97. The molecule has 0 N–H and O–H groups in total. The summed E-state index contributed by atoms with van der Waals surface area (Å²) in [5.41, 5.74) is 1.01. The van der Waals surface area contributed by atoms with Gasteiger partial charge in [0.1, 0.15) is 0 Å². The Morgan fingerprint density at radius 2 is 2.42 bits per heavy atom. The molecule has 1 rings (SSSR count). The van der Waals surface area contributed by atoms with Gasteiger partial charge in [0.25, 0.3) is 0 Å². The number of thioether (sulfide) groups is 1. The van der Waals surface area contributed by atoms with Gasteiger partial charge in [-0.15, -0.1) is 0 Å². The molecular formula is C9H16N2S. The van der Waals surface area contributed by atoms with Crippen molar-refractivity contribution in [1.29, 1.82) is 0 Å². The Labute approximate surface area is 78.7 Å². The van der Waals surface area contributed by atoms with Crippen molar-refractivity contribution in [3.63, 3.8) is 0 Å². The molecule has 0 unspecified atom stereocenters. The summed E-state index contributed by atoms with van der Waals surface area (Å²) < 4.78 is 0. The van der Waals surface area contributed by atoms with Crippen LogP contribution in [-0.4, -0.2) is 28.9 Å². The number of nitrogens with zero attached hydrogens (tertiary/aromatic N) is 2. The van der Waals surface area contributed by atoms with Gasteiger partial charge in [-0.3, -0.25) is 9.89 Å². The van der Waals surface area contributed by atoms with Crippen LogP contribution >= 0.6 is 11.8 Å². The molecule has 0 spiro atoms. The minimum atomic E-state index is 1.01. The molecule has 0 bridgehead atoms. The minimum absolute atomic E-state index is 1.01. The van der Waals surface area contributed by atoms with Gasteiger partial charge in [0.15, 0.2) is 0 Å². The molecule has 2 nitrogen and oxygen atoms in total. The van der Waals surface area contributed by atoms with E-state index in [-0.39, 0.29) is 0 Å². The van der Waals surface area contributed by atoms with Crippen LogP contribution < -0.4 is 0 Å². The topological polar surface area (TPSA) is 15.6 Å².